The number of carbonyl (C=O) groups is 1. The average molecular weight is 294 g/mol. The molecule has 0 radical (unpaired) electrons. The molecule has 1 saturated carbocycles. The number of non-ortho nitro benzene ring substituents is 1. The van der Waals surface area contributed by atoms with Crippen molar-refractivity contribution >= 4 is 11.6 Å². The highest BCUT2D eigenvalue weighted by atomic mass is 16.6. The van der Waals surface area contributed by atoms with Crippen LogP contribution in [-0.2, 0) is 4.79 Å². The highest BCUT2D eigenvalue weighted by Crippen LogP contribution is 2.32. The van der Waals surface area contributed by atoms with Crippen LogP contribution in [0.5, 0.6) is 11.5 Å². The van der Waals surface area contributed by atoms with Gasteiger partial charge in [-0.1, -0.05) is 0 Å². The van der Waals surface area contributed by atoms with E-state index in [9.17, 15) is 14.9 Å². The molecule has 1 atom stereocenters. The lowest BCUT2D eigenvalue weighted by Crippen LogP contribution is -2.37. The second-order valence-corrected chi connectivity index (χ2v) is 5.07. The van der Waals surface area contributed by atoms with Crippen LogP contribution < -0.4 is 14.8 Å². The maximum Gasteiger partial charge on any atom is 0.273 e. The summed E-state index contributed by atoms with van der Waals surface area (Å²) >= 11 is 0. The summed E-state index contributed by atoms with van der Waals surface area (Å²) < 4.78 is 10.4. The molecule has 114 valence electrons. The molecule has 0 aromatic heterocycles. The van der Waals surface area contributed by atoms with E-state index in [2.05, 4.69) is 5.32 Å². The van der Waals surface area contributed by atoms with E-state index < -0.39 is 4.92 Å². The third kappa shape index (κ3) is 4.08. The molecule has 1 aromatic rings. The van der Waals surface area contributed by atoms with E-state index in [4.69, 9.17) is 9.47 Å². The van der Waals surface area contributed by atoms with Crippen LogP contribution in [0.3, 0.4) is 0 Å². The van der Waals surface area contributed by atoms with E-state index in [0.717, 1.165) is 12.8 Å². The summed E-state index contributed by atoms with van der Waals surface area (Å²) in [6.07, 6.45) is 2.28. The first kappa shape index (κ1) is 15.1. The van der Waals surface area contributed by atoms with Gasteiger partial charge < -0.3 is 14.8 Å². The van der Waals surface area contributed by atoms with Gasteiger partial charge in [0.1, 0.15) is 0 Å². The van der Waals surface area contributed by atoms with Crippen LogP contribution in [0.2, 0.25) is 0 Å². The number of nitro benzene ring substituents is 1. The lowest BCUT2D eigenvalue weighted by molar-refractivity contribution is -0.385. The van der Waals surface area contributed by atoms with Gasteiger partial charge in [0.05, 0.1) is 18.1 Å². The summed E-state index contributed by atoms with van der Waals surface area (Å²) in [4.78, 5) is 22.0. The van der Waals surface area contributed by atoms with Crippen LogP contribution in [-0.4, -0.2) is 30.6 Å². The van der Waals surface area contributed by atoms with Gasteiger partial charge in [0.15, 0.2) is 18.1 Å². The number of carbonyl (C=O) groups excluding carboxylic acids is 1. The number of hydrogen-bond acceptors (Lipinski definition) is 5. The van der Waals surface area contributed by atoms with Gasteiger partial charge in [-0.15, -0.1) is 0 Å². The van der Waals surface area contributed by atoms with E-state index in [0.29, 0.717) is 11.7 Å². The summed E-state index contributed by atoms with van der Waals surface area (Å²) in [7, 11) is 1.43. The molecule has 0 heterocycles. The predicted octanol–water partition coefficient (Wildman–Crippen LogP) is 1.90. The Bertz CT molecular complexity index is 542. The van der Waals surface area contributed by atoms with Crippen molar-refractivity contribution in [2.24, 2.45) is 5.92 Å². The number of nitro groups is 1. The molecule has 0 spiro atoms. The van der Waals surface area contributed by atoms with Crippen molar-refractivity contribution in [3.05, 3.63) is 28.3 Å². The molecule has 7 heteroatoms. The number of ether oxygens (including phenoxy) is 2. The Morgan fingerprint density at radius 2 is 2.19 bits per heavy atom. The van der Waals surface area contributed by atoms with E-state index in [1.54, 1.807) is 0 Å². The first-order chi connectivity index (χ1) is 10.0. The molecule has 0 unspecified atom stereocenters. The molecule has 1 N–H and O–H groups in total. The maximum atomic E-state index is 11.8. The lowest BCUT2D eigenvalue weighted by Gasteiger charge is -2.14. The van der Waals surface area contributed by atoms with Crippen molar-refractivity contribution in [3.8, 4) is 11.5 Å². The normalized spacial score (nSPS) is 15.1. The summed E-state index contributed by atoms with van der Waals surface area (Å²) in [6.45, 7) is 1.76. The van der Waals surface area contributed by atoms with E-state index in [-0.39, 0.29) is 30.0 Å². The van der Waals surface area contributed by atoms with Crippen molar-refractivity contribution < 1.29 is 19.2 Å². The smallest absolute Gasteiger partial charge is 0.273 e. The molecule has 0 bridgehead atoms. The molecule has 1 aliphatic rings. The van der Waals surface area contributed by atoms with Gasteiger partial charge in [0.25, 0.3) is 11.6 Å². The second-order valence-electron chi connectivity index (χ2n) is 5.07. The number of benzene rings is 1. The minimum absolute atomic E-state index is 0.113. The third-order valence-electron chi connectivity index (χ3n) is 3.43. The Balaban J connectivity index is 1.95. The number of amides is 1. The van der Waals surface area contributed by atoms with Crippen molar-refractivity contribution in [1.29, 1.82) is 0 Å². The first-order valence-corrected chi connectivity index (χ1v) is 6.76. The largest absolute Gasteiger partial charge is 0.493 e. The number of nitrogens with one attached hydrogen (secondary N) is 1. The predicted molar refractivity (Wildman–Crippen MR) is 75.5 cm³/mol. The Labute approximate surface area is 122 Å². The molecular formula is C14H18N2O5. The highest BCUT2D eigenvalue weighted by Gasteiger charge is 2.28. The number of nitrogens with zero attached hydrogens (tertiary/aromatic N) is 1. The fourth-order valence-corrected chi connectivity index (χ4v) is 2.04. The van der Waals surface area contributed by atoms with Gasteiger partial charge in [-0.05, 0) is 31.7 Å². The van der Waals surface area contributed by atoms with Gasteiger partial charge in [0.2, 0.25) is 0 Å². The average Bonchev–Trinajstić information content (AvgIpc) is 3.29. The summed E-state index contributed by atoms with van der Waals surface area (Å²) in [6, 6.07) is 4.14. The van der Waals surface area contributed by atoms with Gasteiger partial charge >= 0.3 is 0 Å². The van der Waals surface area contributed by atoms with Crippen LogP contribution in [0.1, 0.15) is 19.8 Å². The number of methoxy groups -OCH3 is 1. The molecule has 1 fully saturated rings. The van der Waals surface area contributed by atoms with Crippen LogP contribution >= 0.6 is 0 Å². The second kappa shape index (κ2) is 6.43. The molecule has 0 saturated heterocycles. The summed E-state index contributed by atoms with van der Waals surface area (Å²) in [5, 5.41) is 13.6. The van der Waals surface area contributed by atoms with E-state index in [1.165, 1.54) is 25.3 Å². The lowest BCUT2D eigenvalue weighted by atomic mass is 10.2. The quantitative estimate of drug-likeness (QED) is 0.612. The van der Waals surface area contributed by atoms with Gasteiger partial charge in [-0.2, -0.15) is 0 Å². The van der Waals surface area contributed by atoms with Gasteiger partial charge in [-0.25, -0.2) is 0 Å². The zero-order valence-corrected chi connectivity index (χ0v) is 12.0. The van der Waals surface area contributed by atoms with Crippen LogP contribution in [0.15, 0.2) is 18.2 Å². The van der Waals surface area contributed by atoms with Crippen LogP contribution in [0.25, 0.3) is 0 Å². The standard InChI is InChI=1S/C14H18N2O5/c1-9(10-3-4-10)15-14(17)8-21-13-7-11(16(18)19)5-6-12(13)20-2/h5-7,9-10H,3-4,8H2,1-2H3,(H,15,17)/t9-/m1/s1. The molecule has 21 heavy (non-hydrogen) atoms. The van der Waals surface area contributed by atoms with E-state index >= 15 is 0 Å². The highest BCUT2D eigenvalue weighted by molar-refractivity contribution is 5.78. The Kier molecular flexibility index (Phi) is 4.62. The summed E-state index contributed by atoms with van der Waals surface area (Å²) in [5.74, 6) is 0.842. The van der Waals surface area contributed by atoms with Crippen molar-refractivity contribution in [2.45, 2.75) is 25.8 Å². The van der Waals surface area contributed by atoms with Gasteiger partial charge in [-0.3, -0.25) is 14.9 Å². The van der Waals surface area contributed by atoms with Crippen molar-refractivity contribution in [1.82, 2.24) is 5.32 Å². The molecule has 1 amide bonds. The van der Waals surface area contributed by atoms with Crippen molar-refractivity contribution in [3.63, 3.8) is 0 Å². The molecule has 1 aromatic carbocycles. The maximum absolute atomic E-state index is 11.8. The molecule has 2 rings (SSSR count). The molecular weight excluding hydrogens is 276 g/mol. The minimum atomic E-state index is -0.526. The fourth-order valence-electron chi connectivity index (χ4n) is 2.04. The fraction of sp³-hybridized carbons (Fsp3) is 0.500. The van der Waals surface area contributed by atoms with Crippen LogP contribution in [0.4, 0.5) is 5.69 Å². The molecule has 0 aliphatic heterocycles. The number of hydrogen-bond donors (Lipinski definition) is 1. The van der Waals surface area contributed by atoms with Gasteiger partial charge in [0, 0.05) is 12.1 Å². The van der Waals surface area contributed by atoms with Crippen LogP contribution in [0, 0.1) is 16.0 Å². The zero-order valence-electron chi connectivity index (χ0n) is 12.0. The van der Waals surface area contributed by atoms with Crippen molar-refractivity contribution in [2.75, 3.05) is 13.7 Å². The first-order valence-electron chi connectivity index (χ1n) is 6.76. The molecule has 7 nitrogen and oxygen atoms in total. The Morgan fingerprint density at radius 1 is 1.48 bits per heavy atom. The van der Waals surface area contributed by atoms with E-state index in [1.807, 2.05) is 6.92 Å². The Hall–Kier alpha value is -2.31. The summed E-state index contributed by atoms with van der Waals surface area (Å²) in [5.41, 5.74) is -0.113. The topological polar surface area (TPSA) is 90.7 Å². The SMILES string of the molecule is COc1ccc([N+](=O)[O-])cc1OCC(=O)N[C@H](C)C1CC1. The molecule has 1 aliphatic carbocycles. The third-order valence-corrected chi connectivity index (χ3v) is 3.43. The zero-order chi connectivity index (χ0) is 15.4. The minimum Gasteiger partial charge on any atom is -0.493 e. The monoisotopic (exact) mass is 294 g/mol. The Morgan fingerprint density at radius 3 is 2.76 bits per heavy atom. The number of rotatable bonds is 7.